The van der Waals surface area contributed by atoms with Gasteiger partial charge in [-0.3, -0.25) is 9.78 Å². The van der Waals surface area contributed by atoms with E-state index in [4.69, 9.17) is 0 Å². The molecule has 1 fully saturated rings. The van der Waals surface area contributed by atoms with Crippen LogP contribution in [0.4, 0.5) is 11.4 Å². The quantitative estimate of drug-likeness (QED) is 0.918. The molecule has 0 bridgehead atoms. The average molecular weight is 345 g/mol. The van der Waals surface area contributed by atoms with Crippen LogP contribution in [0.5, 0.6) is 0 Å². The minimum absolute atomic E-state index is 0.0250. The highest BCUT2D eigenvalue weighted by molar-refractivity contribution is 7.91. The normalized spacial score (nSPS) is 19.0. The lowest BCUT2D eigenvalue weighted by Crippen LogP contribution is -2.38. The minimum Gasteiger partial charge on any atom is -0.355 e. The SMILES string of the molecule is CN(C(=O)c1cc(Nc2ccccc2)ccn1)C1CCS(=O)(=O)C1. The summed E-state index contributed by atoms with van der Waals surface area (Å²) in [5.41, 5.74) is 1.96. The summed E-state index contributed by atoms with van der Waals surface area (Å²) < 4.78 is 23.2. The molecule has 2 aromatic rings. The van der Waals surface area contributed by atoms with Crippen LogP contribution < -0.4 is 5.32 Å². The Balaban J connectivity index is 1.74. The fourth-order valence-corrected chi connectivity index (χ4v) is 4.52. The molecular formula is C17H19N3O3S. The van der Waals surface area contributed by atoms with Gasteiger partial charge in [0.1, 0.15) is 5.69 Å². The maximum Gasteiger partial charge on any atom is 0.272 e. The lowest BCUT2D eigenvalue weighted by atomic mass is 10.2. The standard InChI is InChI=1S/C17H19N3O3S/c1-20(15-8-10-24(22,23)12-15)17(21)16-11-14(7-9-18-16)19-13-5-3-2-4-6-13/h2-7,9,11,15H,8,10,12H2,1H3,(H,18,19). The predicted octanol–water partition coefficient (Wildman–Crippen LogP) is 2.08. The van der Waals surface area contributed by atoms with Gasteiger partial charge in [-0.2, -0.15) is 0 Å². The number of amides is 1. The number of hydrogen-bond donors (Lipinski definition) is 1. The van der Waals surface area contributed by atoms with E-state index < -0.39 is 9.84 Å². The van der Waals surface area contributed by atoms with Crippen LogP contribution in [-0.2, 0) is 9.84 Å². The third-order valence-corrected chi connectivity index (χ3v) is 5.87. The zero-order chi connectivity index (χ0) is 17.2. The smallest absolute Gasteiger partial charge is 0.272 e. The van der Waals surface area contributed by atoms with E-state index in [0.29, 0.717) is 12.1 Å². The zero-order valence-corrected chi connectivity index (χ0v) is 14.2. The van der Waals surface area contributed by atoms with E-state index in [-0.39, 0.29) is 23.5 Å². The van der Waals surface area contributed by atoms with Crippen LogP contribution in [0.2, 0.25) is 0 Å². The third-order valence-electron chi connectivity index (χ3n) is 4.12. The summed E-state index contributed by atoms with van der Waals surface area (Å²) in [6.07, 6.45) is 2.05. The highest BCUT2D eigenvalue weighted by atomic mass is 32.2. The number of pyridine rings is 1. The van der Waals surface area contributed by atoms with Crippen molar-refractivity contribution in [1.82, 2.24) is 9.88 Å². The summed E-state index contributed by atoms with van der Waals surface area (Å²) in [7, 11) is -1.40. The molecule has 1 aliphatic rings. The Hall–Kier alpha value is -2.41. The third kappa shape index (κ3) is 3.73. The van der Waals surface area contributed by atoms with Gasteiger partial charge in [0.25, 0.3) is 5.91 Å². The van der Waals surface area contributed by atoms with Gasteiger partial charge < -0.3 is 10.2 Å². The second kappa shape index (κ2) is 6.60. The molecule has 0 aliphatic carbocycles. The fourth-order valence-electron chi connectivity index (χ4n) is 2.74. The van der Waals surface area contributed by atoms with Gasteiger partial charge in [0, 0.05) is 30.7 Å². The Morgan fingerprint density at radius 3 is 2.62 bits per heavy atom. The Kier molecular flexibility index (Phi) is 4.53. The van der Waals surface area contributed by atoms with Crippen LogP contribution in [-0.4, -0.2) is 48.8 Å². The number of rotatable bonds is 4. The molecule has 7 heteroatoms. The van der Waals surface area contributed by atoms with Gasteiger partial charge in [-0.05, 0) is 30.7 Å². The van der Waals surface area contributed by atoms with Gasteiger partial charge in [-0.1, -0.05) is 18.2 Å². The van der Waals surface area contributed by atoms with Crippen LogP contribution >= 0.6 is 0 Å². The maximum atomic E-state index is 12.6. The Morgan fingerprint density at radius 1 is 1.21 bits per heavy atom. The number of benzene rings is 1. The van der Waals surface area contributed by atoms with Gasteiger partial charge >= 0.3 is 0 Å². The summed E-state index contributed by atoms with van der Waals surface area (Å²) in [6.45, 7) is 0. The van der Waals surface area contributed by atoms with Crippen molar-refractivity contribution in [3.8, 4) is 0 Å². The van der Waals surface area contributed by atoms with Crippen molar-refractivity contribution in [2.24, 2.45) is 0 Å². The molecule has 2 heterocycles. The lowest BCUT2D eigenvalue weighted by Gasteiger charge is -2.23. The number of anilines is 2. The largest absolute Gasteiger partial charge is 0.355 e. The number of hydrogen-bond acceptors (Lipinski definition) is 5. The first-order chi connectivity index (χ1) is 11.4. The van der Waals surface area contributed by atoms with Gasteiger partial charge in [0.2, 0.25) is 0 Å². The number of nitrogens with one attached hydrogen (secondary N) is 1. The molecule has 126 valence electrons. The molecule has 0 spiro atoms. The van der Waals surface area contributed by atoms with Gasteiger partial charge in [-0.25, -0.2) is 8.42 Å². The van der Waals surface area contributed by atoms with Crippen molar-refractivity contribution in [2.75, 3.05) is 23.9 Å². The molecule has 0 saturated carbocycles. The van der Waals surface area contributed by atoms with Crippen LogP contribution in [0.25, 0.3) is 0 Å². The molecule has 3 rings (SSSR count). The summed E-state index contributed by atoms with van der Waals surface area (Å²) >= 11 is 0. The second-order valence-corrected chi connectivity index (χ2v) is 8.12. The van der Waals surface area contributed by atoms with E-state index in [2.05, 4.69) is 10.3 Å². The van der Waals surface area contributed by atoms with Crippen LogP contribution in [0.15, 0.2) is 48.7 Å². The Bertz CT molecular complexity index is 837. The van der Waals surface area contributed by atoms with Crippen molar-refractivity contribution in [3.05, 3.63) is 54.4 Å². The molecule has 1 aromatic carbocycles. The number of nitrogens with zero attached hydrogens (tertiary/aromatic N) is 2. The van der Waals surface area contributed by atoms with Crippen LogP contribution in [0.3, 0.4) is 0 Å². The second-order valence-electron chi connectivity index (χ2n) is 5.89. The summed E-state index contributed by atoms with van der Waals surface area (Å²) in [4.78, 5) is 18.2. The van der Waals surface area contributed by atoms with Crippen molar-refractivity contribution >= 4 is 27.1 Å². The van der Waals surface area contributed by atoms with Crippen molar-refractivity contribution in [3.63, 3.8) is 0 Å². The Morgan fingerprint density at radius 2 is 1.96 bits per heavy atom. The monoisotopic (exact) mass is 345 g/mol. The van der Waals surface area contributed by atoms with E-state index in [9.17, 15) is 13.2 Å². The lowest BCUT2D eigenvalue weighted by molar-refractivity contribution is 0.0742. The summed E-state index contributed by atoms with van der Waals surface area (Å²) in [6, 6.07) is 12.8. The molecule has 1 aromatic heterocycles. The van der Waals surface area contributed by atoms with E-state index >= 15 is 0 Å². The van der Waals surface area contributed by atoms with Crippen LogP contribution in [0, 0.1) is 0 Å². The molecule has 1 amide bonds. The van der Waals surface area contributed by atoms with Gasteiger partial charge in [-0.15, -0.1) is 0 Å². The van der Waals surface area contributed by atoms with E-state index in [1.165, 1.54) is 4.90 Å². The van der Waals surface area contributed by atoms with E-state index in [0.717, 1.165) is 11.4 Å². The number of para-hydroxylation sites is 1. The molecule has 0 radical (unpaired) electrons. The summed E-state index contributed by atoms with van der Waals surface area (Å²) in [5.74, 6) is -0.107. The molecule has 1 atom stereocenters. The van der Waals surface area contributed by atoms with E-state index in [1.54, 1.807) is 25.4 Å². The molecular weight excluding hydrogens is 326 g/mol. The van der Waals surface area contributed by atoms with Crippen molar-refractivity contribution < 1.29 is 13.2 Å². The highest BCUT2D eigenvalue weighted by Gasteiger charge is 2.33. The topological polar surface area (TPSA) is 79.4 Å². The molecule has 24 heavy (non-hydrogen) atoms. The van der Waals surface area contributed by atoms with Crippen molar-refractivity contribution in [2.45, 2.75) is 12.5 Å². The predicted molar refractivity (Wildman–Crippen MR) is 93.1 cm³/mol. The average Bonchev–Trinajstić information content (AvgIpc) is 2.95. The zero-order valence-electron chi connectivity index (χ0n) is 13.3. The number of sulfone groups is 1. The first-order valence-electron chi connectivity index (χ1n) is 7.70. The van der Waals surface area contributed by atoms with Crippen LogP contribution in [0.1, 0.15) is 16.9 Å². The number of aromatic nitrogens is 1. The first-order valence-corrected chi connectivity index (χ1v) is 9.52. The molecule has 1 saturated heterocycles. The van der Waals surface area contributed by atoms with Gasteiger partial charge in [0.15, 0.2) is 9.84 Å². The highest BCUT2D eigenvalue weighted by Crippen LogP contribution is 2.20. The minimum atomic E-state index is -3.03. The maximum absolute atomic E-state index is 12.6. The Labute approximate surface area is 141 Å². The molecule has 1 unspecified atom stereocenters. The summed E-state index contributed by atoms with van der Waals surface area (Å²) in [5, 5.41) is 3.21. The van der Waals surface area contributed by atoms with Gasteiger partial charge in [0.05, 0.1) is 11.5 Å². The number of carbonyl (C=O) groups is 1. The van der Waals surface area contributed by atoms with E-state index in [1.807, 2.05) is 30.3 Å². The van der Waals surface area contributed by atoms with Crippen molar-refractivity contribution in [1.29, 1.82) is 0 Å². The fraction of sp³-hybridized carbons (Fsp3) is 0.294. The first kappa shape index (κ1) is 16.4. The molecule has 6 nitrogen and oxygen atoms in total. The number of carbonyl (C=O) groups excluding carboxylic acids is 1. The molecule has 1 N–H and O–H groups in total. The molecule has 1 aliphatic heterocycles.